The lowest BCUT2D eigenvalue weighted by Gasteiger charge is -2.30. The number of ether oxygens (including phenoxy) is 2. The fraction of sp³-hybridized carbons (Fsp3) is 0.389. The third kappa shape index (κ3) is 3.79. The zero-order chi connectivity index (χ0) is 18.1. The van der Waals surface area contributed by atoms with Crippen LogP contribution in [-0.2, 0) is 14.8 Å². The van der Waals surface area contributed by atoms with Crippen LogP contribution in [0, 0.1) is 0 Å². The molecule has 0 aliphatic carbocycles. The van der Waals surface area contributed by atoms with Crippen molar-refractivity contribution in [1.29, 1.82) is 0 Å². The zero-order valence-electron chi connectivity index (χ0n) is 14.1. The molecule has 0 radical (unpaired) electrons. The molecule has 26 heavy (non-hydrogen) atoms. The number of hydrogen-bond acceptors (Lipinski definition) is 5. The van der Waals surface area contributed by atoms with Crippen molar-refractivity contribution in [3.8, 4) is 5.75 Å². The van der Waals surface area contributed by atoms with Crippen LogP contribution in [0.3, 0.4) is 0 Å². The maximum Gasteiger partial charge on any atom is 0.256 e. The number of benzene rings is 1. The SMILES string of the molecule is O=S1(=O)CCN2C=C(Cl)C=C(c3ccc(OC4CCOCC4)cc3)C2=N1. The molecule has 0 bridgehead atoms. The molecule has 0 saturated carbocycles. The van der Waals surface area contributed by atoms with Crippen LogP contribution >= 0.6 is 11.6 Å². The van der Waals surface area contributed by atoms with Gasteiger partial charge in [-0.2, -0.15) is 0 Å². The van der Waals surface area contributed by atoms with E-state index in [-0.39, 0.29) is 11.9 Å². The van der Waals surface area contributed by atoms with E-state index in [0.29, 0.717) is 23.0 Å². The smallest absolute Gasteiger partial charge is 0.256 e. The first-order chi connectivity index (χ1) is 12.5. The molecule has 4 rings (SSSR count). The van der Waals surface area contributed by atoms with Crippen molar-refractivity contribution in [2.24, 2.45) is 4.40 Å². The predicted octanol–water partition coefficient (Wildman–Crippen LogP) is 2.77. The molecule has 0 atom stereocenters. The van der Waals surface area contributed by atoms with Gasteiger partial charge in [0.2, 0.25) is 0 Å². The van der Waals surface area contributed by atoms with Crippen molar-refractivity contribution < 1.29 is 17.9 Å². The Bertz CT molecular complexity index is 884. The van der Waals surface area contributed by atoms with Crippen LogP contribution in [0.5, 0.6) is 5.75 Å². The molecule has 1 aromatic carbocycles. The summed E-state index contributed by atoms with van der Waals surface area (Å²) in [5.74, 6) is 1.19. The van der Waals surface area contributed by atoms with Gasteiger partial charge in [0.15, 0.2) is 5.84 Å². The highest BCUT2D eigenvalue weighted by Crippen LogP contribution is 2.30. The van der Waals surface area contributed by atoms with Crippen LogP contribution in [0.25, 0.3) is 5.57 Å². The molecule has 1 fully saturated rings. The molecule has 3 heterocycles. The number of fused-ring (bicyclic) bond motifs is 1. The Morgan fingerprint density at radius 2 is 1.92 bits per heavy atom. The molecular weight excluding hydrogens is 376 g/mol. The largest absolute Gasteiger partial charge is 0.490 e. The van der Waals surface area contributed by atoms with Crippen LogP contribution in [-0.4, -0.2) is 50.8 Å². The van der Waals surface area contributed by atoms with E-state index in [1.54, 1.807) is 17.2 Å². The fourth-order valence-electron chi connectivity index (χ4n) is 3.18. The van der Waals surface area contributed by atoms with E-state index in [1.807, 2.05) is 24.3 Å². The summed E-state index contributed by atoms with van der Waals surface area (Å²) in [5, 5.41) is 0.542. The molecule has 8 heteroatoms. The average Bonchev–Trinajstić information content (AvgIpc) is 2.63. The van der Waals surface area contributed by atoms with E-state index in [2.05, 4.69) is 4.40 Å². The molecular formula is C18H19ClN2O4S. The van der Waals surface area contributed by atoms with Crippen LogP contribution in [0.4, 0.5) is 0 Å². The van der Waals surface area contributed by atoms with Gasteiger partial charge in [-0.05, 0) is 23.8 Å². The minimum Gasteiger partial charge on any atom is -0.490 e. The van der Waals surface area contributed by atoms with Crippen molar-refractivity contribution in [2.75, 3.05) is 25.5 Å². The number of amidine groups is 1. The molecule has 0 amide bonds. The van der Waals surface area contributed by atoms with Gasteiger partial charge in [-0.1, -0.05) is 23.7 Å². The first-order valence-corrected chi connectivity index (χ1v) is 10.5. The topological polar surface area (TPSA) is 68.2 Å². The van der Waals surface area contributed by atoms with Gasteiger partial charge in [0.05, 0.1) is 24.0 Å². The standard InChI is InChI=1S/C18H19ClN2O4S/c19-14-11-17(18-20-26(22,23)10-7-21(18)12-14)13-1-3-15(4-2-13)25-16-5-8-24-9-6-16/h1-4,11-12,16H,5-10H2. The van der Waals surface area contributed by atoms with Gasteiger partial charge in [-0.3, -0.25) is 0 Å². The Labute approximate surface area is 157 Å². The van der Waals surface area contributed by atoms with E-state index in [9.17, 15) is 8.42 Å². The fourth-order valence-corrected chi connectivity index (χ4v) is 4.39. The second kappa shape index (κ2) is 7.06. The summed E-state index contributed by atoms with van der Waals surface area (Å²) in [7, 11) is -3.44. The molecule has 0 N–H and O–H groups in total. The highest BCUT2D eigenvalue weighted by Gasteiger charge is 2.29. The minimum absolute atomic E-state index is 0.0116. The van der Waals surface area contributed by atoms with Crippen molar-refractivity contribution in [1.82, 2.24) is 4.90 Å². The lowest BCUT2D eigenvalue weighted by Crippen LogP contribution is -2.38. The number of hydrogen-bond donors (Lipinski definition) is 0. The Morgan fingerprint density at radius 3 is 2.65 bits per heavy atom. The summed E-state index contributed by atoms with van der Waals surface area (Å²) in [4.78, 5) is 1.78. The number of allylic oxidation sites excluding steroid dienone is 2. The first kappa shape index (κ1) is 17.6. The van der Waals surface area contributed by atoms with Crippen LogP contribution in [0.15, 0.2) is 46.0 Å². The summed E-state index contributed by atoms with van der Waals surface area (Å²) < 4.78 is 39.1. The third-order valence-corrected chi connectivity index (χ3v) is 5.88. The van der Waals surface area contributed by atoms with Gasteiger partial charge >= 0.3 is 0 Å². The molecule has 3 aliphatic heterocycles. The van der Waals surface area contributed by atoms with Gasteiger partial charge in [-0.15, -0.1) is 4.40 Å². The second-order valence-electron chi connectivity index (χ2n) is 6.42. The number of rotatable bonds is 3. The van der Waals surface area contributed by atoms with Crippen LogP contribution in [0.2, 0.25) is 0 Å². The van der Waals surface area contributed by atoms with E-state index in [4.69, 9.17) is 21.1 Å². The molecule has 1 aromatic rings. The maximum absolute atomic E-state index is 11.9. The van der Waals surface area contributed by atoms with E-state index in [0.717, 1.165) is 37.4 Å². The number of sulfonamides is 1. The predicted molar refractivity (Wildman–Crippen MR) is 101 cm³/mol. The zero-order valence-corrected chi connectivity index (χ0v) is 15.7. The quantitative estimate of drug-likeness (QED) is 0.788. The highest BCUT2D eigenvalue weighted by molar-refractivity contribution is 7.90. The van der Waals surface area contributed by atoms with Crippen LogP contribution < -0.4 is 4.74 Å². The molecule has 3 aliphatic rings. The third-order valence-electron chi connectivity index (χ3n) is 4.53. The summed E-state index contributed by atoms with van der Waals surface area (Å²) in [6.45, 7) is 1.80. The van der Waals surface area contributed by atoms with Gasteiger partial charge in [-0.25, -0.2) is 8.42 Å². The molecule has 6 nitrogen and oxygen atoms in total. The number of halogens is 1. The van der Waals surface area contributed by atoms with Gasteiger partial charge in [0, 0.05) is 31.2 Å². The normalized spacial score (nSPS) is 22.8. The van der Waals surface area contributed by atoms with E-state index in [1.165, 1.54) is 0 Å². The maximum atomic E-state index is 11.9. The summed E-state index contributed by atoms with van der Waals surface area (Å²) in [6.07, 6.45) is 5.39. The molecule has 1 saturated heterocycles. The molecule has 0 spiro atoms. The lowest BCUT2D eigenvalue weighted by molar-refractivity contribution is 0.0256. The first-order valence-electron chi connectivity index (χ1n) is 8.54. The van der Waals surface area contributed by atoms with E-state index >= 15 is 0 Å². The summed E-state index contributed by atoms with van der Waals surface area (Å²) in [6, 6.07) is 7.58. The Kier molecular flexibility index (Phi) is 4.77. The average molecular weight is 395 g/mol. The highest BCUT2D eigenvalue weighted by atomic mass is 35.5. The second-order valence-corrected chi connectivity index (χ2v) is 8.61. The van der Waals surface area contributed by atoms with Gasteiger partial charge < -0.3 is 14.4 Å². The van der Waals surface area contributed by atoms with Crippen molar-refractivity contribution in [2.45, 2.75) is 18.9 Å². The Hall–Kier alpha value is -1.83. The van der Waals surface area contributed by atoms with Crippen LogP contribution in [0.1, 0.15) is 18.4 Å². The Morgan fingerprint density at radius 1 is 1.19 bits per heavy atom. The van der Waals surface area contributed by atoms with Crippen molar-refractivity contribution >= 4 is 33.0 Å². The van der Waals surface area contributed by atoms with Crippen molar-refractivity contribution in [3.63, 3.8) is 0 Å². The molecule has 0 aromatic heterocycles. The molecule has 138 valence electrons. The summed E-state index contributed by atoms with van der Waals surface area (Å²) >= 11 is 6.21. The lowest BCUT2D eigenvalue weighted by atomic mass is 10.0. The monoisotopic (exact) mass is 394 g/mol. The van der Waals surface area contributed by atoms with E-state index < -0.39 is 10.0 Å². The summed E-state index contributed by atoms with van der Waals surface area (Å²) in [5.41, 5.74) is 1.54. The Balaban J connectivity index is 1.59. The molecule has 0 unspecified atom stereocenters. The van der Waals surface area contributed by atoms with Crippen molar-refractivity contribution in [3.05, 3.63) is 47.1 Å². The van der Waals surface area contributed by atoms with Gasteiger partial charge in [0.25, 0.3) is 10.0 Å². The minimum atomic E-state index is -3.44. The number of nitrogens with zero attached hydrogens (tertiary/aromatic N) is 2. The van der Waals surface area contributed by atoms with Gasteiger partial charge in [0.1, 0.15) is 11.9 Å².